The maximum atomic E-state index is 13.7. The SMILES string of the molecule is Cc1ccc(C(=O)N2CCCN(S(=O)(=O)c3ccc(F)cc3)CC2)cc1F. The molecule has 0 aliphatic carbocycles. The maximum Gasteiger partial charge on any atom is 0.254 e. The number of hydrogen-bond donors (Lipinski definition) is 0. The van der Waals surface area contributed by atoms with E-state index < -0.39 is 21.7 Å². The lowest BCUT2D eigenvalue weighted by atomic mass is 10.1. The highest BCUT2D eigenvalue weighted by atomic mass is 32.2. The summed E-state index contributed by atoms with van der Waals surface area (Å²) in [6.07, 6.45) is 0.459. The van der Waals surface area contributed by atoms with E-state index in [4.69, 9.17) is 0 Å². The van der Waals surface area contributed by atoms with Gasteiger partial charge in [0.1, 0.15) is 11.6 Å². The number of carbonyl (C=O) groups excluding carboxylic acids is 1. The Morgan fingerprint density at radius 2 is 1.67 bits per heavy atom. The summed E-state index contributed by atoms with van der Waals surface area (Å²) < 4.78 is 53.5. The lowest BCUT2D eigenvalue weighted by molar-refractivity contribution is 0.0763. The van der Waals surface area contributed by atoms with Crippen molar-refractivity contribution in [1.29, 1.82) is 0 Å². The Morgan fingerprint density at radius 1 is 0.963 bits per heavy atom. The molecule has 0 spiro atoms. The van der Waals surface area contributed by atoms with E-state index in [0.29, 0.717) is 18.5 Å². The number of sulfonamides is 1. The van der Waals surface area contributed by atoms with Gasteiger partial charge in [-0.25, -0.2) is 17.2 Å². The average molecular weight is 394 g/mol. The molecule has 0 radical (unpaired) electrons. The van der Waals surface area contributed by atoms with Crippen molar-refractivity contribution in [3.05, 3.63) is 65.2 Å². The minimum Gasteiger partial charge on any atom is -0.337 e. The summed E-state index contributed by atoms with van der Waals surface area (Å²) in [5.74, 6) is -1.28. The number of carbonyl (C=O) groups is 1. The van der Waals surface area contributed by atoms with E-state index in [2.05, 4.69) is 0 Å². The van der Waals surface area contributed by atoms with E-state index in [0.717, 1.165) is 12.1 Å². The van der Waals surface area contributed by atoms with Gasteiger partial charge in [0.25, 0.3) is 5.91 Å². The van der Waals surface area contributed by atoms with E-state index >= 15 is 0 Å². The van der Waals surface area contributed by atoms with E-state index in [-0.39, 0.29) is 36.0 Å². The van der Waals surface area contributed by atoms with Gasteiger partial charge < -0.3 is 4.90 Å². The smallest absolute Gasteiger partial charge is 0.254 e. The van der Waals surface area contributed by atoms with Crippen LogP contribution in [0.4, 0.5) is 8.78 Å². The lowest BCUT2D eigenvalue weighted by Crippen LogP contribution is -2.37. The molecular formula is C19H20F2N2O3S. The van der Waals surface area contributed by atoms with E-state index in [1.54, 1.807) is 19.1 Å². The Kier molecular flexibility index (Phi) is 5.57. The van der Waals surface area contributed by atoms with Crippen molar-refractivity contribution >= 4 is 15.9 Å². The van der Waals surface area contributed by atoms with E-state index in [1.807, 2.05) is 0 Å². The highest BCUT2D eigenvalue weighted by Gasteiger charge is 2.28. The molecule has 2 aromatic rings. The summed E-state index contributed by atoms with van der Waals surface area (Å²) in [5, 5.41) is 0. The Labute approximate surface area is 157 Å². The second kappa shape index (κ2) is 7.74. The third-order valence-corrected chi connectivity index (χ3v) is 6.53. The highest BCUT2D eigenvalue weighted by Crippen LogP contribution is 2.19. The normalized spacial score (nSPS) is 16.2. The molecule has 0 N–H and O–H groups in total. The van der Waals surface area contributed by atoms with Crippen LogP contribution in [0.15, 0.2) is 47.4 Å². The minimum absolute atomic E-state index is 0.0179. The summed E-state index contributed by atoms with van der Waals surface area (Å²) in [5.41, 5.74) is 0.701. The first-order chi connectivity index (χ1) is 12.8. The molecule has 8 heteroatoms. The number of nitrogens with zero attached hydrogens (tertiary/aromatic N) is 2. The summed E-state index contributed by atoms with van der Waals surface area (Å²) >= 11 is 0. The highest BCUT2D eigenvalue weighted by molar-refractivity contribution is 7.89. The Hall–Kier alpha value is -2.32. The molecule has 144 valence electrons. The maximum absolute atomic E-state index is 13.7. The Morgan fingerprint density at radius 3 is 2.33 bits per heavy atom. The molecule has 1 amide bonds. The molecule has 1 saturated heterocycles. The van der Waals surface area contributed by atoms with Crippen molar-refractivity contribution < 1.29 is 22.0 Å². The van der Waals surface area contributed by atoms with Gasteiger partial charge in [-0.3, -0.25) is 4.79 Å². The van der Waals surface area contributed by atoms with Gasteiger partial charge in [-0.1, -0.05) is 6.07 Å². The van der Waals surface area contributed by atoms with Gasteiger partial charge in [0, 0.05) is 31.7 Å². The molecule has 3 rings (SSSR count). The van der Waals surface area contributed by atoms with E-state index in [9.17, 15) is 22.0 Å². The van der Waals surface area contributed by atoms with Gasteiger partial charge in [0.05, 0.1) is 4.90 Å². The number of aryl methyl sites for hydroxylation is 1. The monoisotopic (exact) mass is 394 g/mol. The fourth-order valence-corrected chi connectivity index (χ4v) is 4.47. The zero-order valence-electron chi connectivity index (χ0n) is 14.9. The van der Waals surface area contributed by atoms with Crippen molar-refractivity contribution in [3.63, 3.8) is 0 Å². The second-order valence-corrected chi connectivity index (χ2v) is 8.41. The summed E-state index contributed by atoms with van der Waals surface area (Å²) in [7, 11) is -3.76. The summed E-state index contributed by atoms with van der Waals surface area (Å²) in [6, 6.07) is 8.99. The van der Waals surface area contributed by atoms with Crippen LogP contribution in [0.5, 0.6) is 0 Å². The van der Waals surface area contributed by atoms with Gasteiger partial charge in [-0.05, 0) is 55.3 Å². The van der Waals surface area contributed by atoms with Crippen molar-refractivity contribution in [2.24, 2.45) is 0 Å². The molecule has 0 bridgehead atoms. The van der Waals surface area contributed by atoms with Crippen LogP contribution in [-0.2, 0) is 10.0 Å². The molecule has 0 unspecified atom stereocenters. The van der Waals surface area contributed by atoms with Gasteiger partial charge in [-0.2, -0.15) is 4.31 Å². The number of hydrogen-bond acceptors (Lipinski definition) is 3. The molecule has 5 nitrogen and oxygen atoms in total. The molecule has 1 fully saturated rings. The number of halogens is 2. The van der Waals surface area contributed by atoms with Crippen LogP contribution >= 0.6 is 0 Å². The molecule has 0 aromatic heterocycles. The van der Waals surface area contributed by atoms with Crippen molar-refractivity contribution in [1.82, 2.24) is 9.21 Å². The molecule has 27 heavy (non-hydrogen) atoms. The fourth-order valence-electron chi connectivity index (χ4n) is 3.00. The van der Waals surface area contributed by atoms with Crippen molar-refractivity contribution in [3.8, 4) is 0 Å². The number of rotatable bonds is 3. The van der Waals surface area contributed by atoms with Gasteiger partial charge in [-0.15, -0.1) is 0 Å². The van der Waals surface area contributed by atoms with Crippen LogP contribution in [0.1, 0.15) is 22.3 Å². The molecule has 0 atom stereocenters. The van der Waals surface area contributed by atoms with Crippen LogP contribution in [0.2, 0.25) is 0 Å². The van der Waals surface area contributed by atoms with Crippen molar-refractivity contribution in [2.45, 2.75) is 18.2 Å². The van der Waals surface area contributed by atoms with Crippen LogP contribution < -0.4 is 0 Å². The van der Waals surface area contributed by atoms with Crippen LogP contribution in [0.25, 0.3) is 0 Å². The molecular weight excluding hydrogens is 374 g/mol. The third kappa shape index (κ3) is 4.17. The zero-order chi connectivity index (χ0) is 19.6. The molecule has 1 heterocycles. The second-order valence-electron chi connectivity index (χ2n) is 6.47. The minimum atomic E-state index is -3.76. The predicted molar refractivity (Wildman–Crippen MR) is 96.8 cm³/mol. The first kappa shape index (κ1) is 19.4. The average Bonchev–Trinajstić information content (AvgIpc) is 2.90. The molecule has 2 aromatic carbocycles. The lowest BCUT2D eigenvalue weighted by Gasteiger charge is -2.22. The first-order valence-corrected chi connectivity index (χ1v) is 10.0. The number of amides is 1. The van der Waals surface area contributed by atoms with Crippen LogP contribution in [0, 0.1) is 18.6 Å². The topological polar surface area (TPSA) is 57.7 Å². The zero-order valence-corrected chi connectivity index (χ0v) is 15.7. The van der Waals surface area contributed by atoms with Gasteiger partial charge in [0.15, 0.2) is 0 Å². The number of benzene rings is 2. The summed E-state index contributed by atoms with van der Waals surface area (Å²) in [6.45, 7) is 2.58. The van der Waals surface area contributed by atoms with Gasteiger partial charge in [0.2, 0.25) is 10.0 Å². The van der Waals surface area contributed by atoms with Crippen LogP contribution in [-0.4, -0.2) is 49.7 Å². The van der Waals surface area contributed by atoms with E-state index in [1.165, 1.54) is 27.4 Å². The van der Waals surface area contributed by atoms with Crippen LogP contribution in [0.3, 0.4) is 0 Å². The third-order valence-electron chi connectivity index (χ3n) is 4.61. The Balaban J connectivity index is 1.74. The quantitative estimate of drug-likeness (QED) is 0.804. The first-order valence-electron chi connectivity index (χ1n) is 8.60. The predicted octanol–water partition coefficient (Wildman–Crippen LogP) is 2.81. The Bertz CT molecular complexity index is 946. The fraction of sp³-hybridized carbons (Fsp3) is 0.316. The largest absolute Gasteiger partial charge is 0.337 e. The van der Waals surface area contributed by atoms with Gasteiger partial charge >= 0.3 is 0 Å². The summed E-state index contributed by atoms with van der Waals surface area (Å²) in [4.78, 5) is 14.2. The molecule has 0 saturated carbocycles. The standard InChI is InChI=1S/C19H20F2N2O3S/c1-14-3-4-15(13-18(14)21)19(24)22-9-2-10-23(12-11-22)27(25,26)17-7-5-16(20)6-8-17/h3-8,13H,2,9-12H2,1H3. The molecule has 1 aliphatic heterocycles. The molecule has 1 aliphatic rings. The van der Waals surface area contributed by atoms with Crippen molar-refractivity contribution in [2.75, 3.05) is 26.2 Å².